The van der Waals surface area contributed by atoms with Crippen molar-refractivity contribution >= 4 is 0 Å². The highest BCUT2D eigenvalue weighted by Gasteiger charge is 2.20. The van der Waals surface area contributed by atoms with Crippen molar-refractivity contribution < 1.29 is 9.50 Å². The summed E-state index contributed by atoms with van der Waals surface area (Å²) in [5, 5.41) is 10.4. The first-order chi connectivity index (χ1) is 8.51. The second kappa shape index (κ2) is 6.89. The number of aryl methyl sites for hydroxylation is 2. The minimum atomic E-state index is -0.473. The molecule has 0 amide bonds. The summed E-state index contributed by atoms with van der Waals surface area (Å²) >= 11 is 0. The molecule has 1 aromatic carbocycles. The Morgan fingerprint density at radius 2 is 1.72 bits per heavy atom. The fourth-order valence-corrected chi connectivity index (χ4v) is 2.47. The number of aliphatic hydroxyl groups is 1. The molecule has 0 saturated carbocycles. The first kappa shape index (κ1) is 15.2. The Labute approximate surface area is 110 Å². The van der Waals surface area contributed by atoms with Gasteiger partial charge >= 0.3 is 0 Å². The molecule has 0 saturated heterocycles. The van der Waals surface area contributed by atoms with E-state index in [2.05, 4.69) is 13.8 Å². The lowest BCUT2D eigenvalue weighted by Crippen LogP contribution is -2.12. The highest BCUT2D eigenvalue weighted by Crippen LogP contribution is 2.30. The number of unbranched alkanes of at least 4 members (excludes halogenated alkanes) is 1. The molecule has 1 rings (SSSR count). The smallest absolute Gasteiger partial charge is 0.129 e. The first-order valence-electron chi connectivity index (χ1n) is 6.95. The van der Waals surface area contributed by atoms with E-state index in [1.54, 1.807) is 26.0 Å². The molecule has 0 aliphatic heterocycles. The molecule has 2 unspecified atom stereocenters. The molecule has 102 valence electrons. The zero-order valence-corrected chi connectivity index (χ0v) is 12.0. The average Bonchev–Trinajstić information content (AvgIpc) is 2.36. The van der Waals surface area contributed by atoms with Crippen molar-refractivity contribution in [1.82, 2.24) is 0 Å². The molecule has 0 aliphatic carbocycles. The Morgan fingerprint density at radius 3 is 2.17 bits per heavy atom. The van der Waals surface area contributed by atoms with Crippen LogP contribution in [0, 0.1) is 25.6 Å². The van der Waals surface area contributed by atoms with E-state index in [0.717, 1.165) is 31.2 Å². The van der Waals surface area contributed by atoms with Gasteiger partial charge in [-0.05, 0) is 42.9 Å². The number of rotatable bonds is 6. The molecule has 0 spiro atoms. The predicted molar refractivity (Wildman–Crippen MR) is 74.1 cm³/mol. The molecule has 1 nitrogen and oxygen atoms in total. The molecule has 2 atom stereocenters. The van der Waals surface area contributed by atoms with Crippen LogP contribution in [0.5, 0.6) is 0 Å². The van der Waals surface area contributed by atoms with Gasteiger partial charge in [-0.15, -0.1) is 0 Å². The number of benzene rings is 1. The molecule has 0 heterocycles. The summed E-state index contributed by atoms with van der Waals surface area (Å²) in [6.07, 6.45) is 3.79. The zero-order valence-electron chi connectivity index (χ0n) is 12.0. The Bertz CT molecular complexity index is 364. The standard InChI is InChI=1S/C16H25FO/c1-5-7-8-13(6-2)16(18)14-9-11(3)15(17)12(4)10-14/h9-10,13,16,18H,5-8H2,1-4H3. The third kappa shape index (κ3) is 3.55. The fraction of sp³-hybridized carbons (Fsp3) is 0.625. The van der Waals surface area contributed by atoms with Crippen molar-refractivity contribution in [1.29, 1.82) is 0 Å². The molecular formula is C16H25FO. The van der Waals surface area contributed by atoms with E-state index in [4.69, 9.17) is 0 Å². The largest absolute Gasteiger partial charge is 0.388 e. The van der Waals surface area contributed by atoms with Crippen LogP contribution in [-0.2, 0) is 0 Å². The summed E-state index contributed by atoms with van der Waals surface area (Å²) in [5.41, 5.74) is 2.10. The molecule has 0 radical (unpaired) electrons. The summed E-state index contributed by atoms with van der Waals surface area (Å²) in [7, 11) is 0. The van der Waals surface area contributed by atoms with Crippen molar-refractivity contribution in [2.75, 3.05) is 0 Å². The lowest BCUT2D eigenvalue weighted by atomic mass is 9.88. The van der Waals surface area contributed by atoms with Crippen LogP contribution in [0.2, 0.25) is 0 Å². The summed E-state index contributed by atoms with van der Waals surface area (Å²) in [6.45, 7) is 7.77. The van der Waals surface area contributed by atoms with Crippen molar-refractivity contribution in [3.05, 3.63) is 34.6 Å². The predicted octanol–water partition coefficient (Wildman–Crippen LogP) is 4.69. The van der Waals surface area contributed by atoms with Crippen molar-refractivity contribution in [3.63, 3.8) is 0 Å². The maximum absolute atomic E-state index is 13.6. The van der Waals surface area contributed by atoms with E-state index in [9.17, 15) is 9.50 Å². The average molecular weight is 252 g/mol. The lowest BCUT2D eigenvalue weighted by Gasteiger charge is -2.22. The van der Waals surface area contributed by atoms with Crippen LogP contribution in [0.15, 0.2) is 12.1 Å². The SMILES string of the molecule is CCCCC(CC)C(O)c1cc(C)c(F)c(C)c1. The van der Waals surface area contributed by atoms with Crippen LogP contribution < -0.4 is 0 Å². The summed E-state index contributed by atoms with van der Waals surface area (Å²) in [5.74, 6) is 0.113. The van der Waals surface area contributed by atoms with E-state index in [0.29, 0.717) is 11.1 Å². The van der Waals surface area contributed by atoms with Gasteiger partial charge in [-0.1, -0.05) is 45.2 Å². The van der Waals surface area contributed by atoms with Gasteiger partial charge in [-0.25, -0.2) is 4.39 Å². The van der Waals surface area contributed by atoms with E-state index >= 15 is 0 Å². The van der Waals surface area contributed by atoms with Gasteiger partial charge in [-0.3, -0.25) is 0 Å². The molecule has 0 bridgehead atoms. The summed E-state index contributed by atoms with van der Waals surface area (Å²) in [4.78, 5) is 0. The van der Waals surface area contributed by atoms with Gasteiger partial charge in [-0.2, -0.15) is 0 Å². The highest BCUT2D eigenvalue weighted by atomic mass is 19.1. The van der Waals surface area contributed by atoms with Crippen molar-refractivity contribution in [3.8, 4) is 0 Å². The molecular weight excluding hydrogens is 227 g/mol. The molecule has 1 aromatic rings. The number of aliphatic hydroxyl groups excluding tert-OH is 1. The third-order valence-electron chi connectivity index (χ3n) is 3.70. The molecule has 18 heavy (non-hydrogen) atoms. The molecule has 2 heteroatoms. The quantitative estimate of drug-likeness (QED) is 0.778. The molecule has 0 aromatic heterocycles. The van der Waals surface area contributed by atoms with Gasteiger partial charge in [0.1, 0.15) is 5.82 Å². The fourth-order valence-electron chi connectivity index (χ4n) is 2.47. The first-order valence-corrected chi connectivity index (χ1v) is 6.95. The van der Waals surface area contributed by atoms with E-state index < -0.39 is 6.10 Å². The number of halogens is 1. The highest BCUT2D eigenvalue weighted by molar-refractivity contribution is 5.32. The monoisotopic (exact) mass is 252 g/mol. The van der Waals surface area contributed by atoms with Gasteiger partial charge in [0.25, 0.3) is 0 Å². The normalized spacial score (nSPS) is 14.6. The summed E-state index contributed by atoms with van der Waals surface area (Å²) < 4.78 is 13.6. The van der Waals surface area contributed by atoms with E-state index in [-0.39, 0.29) is 11.7 Å². The summed E-state index contributed by atoms with van der Waals surface area (Å²) in [6, 6.07) is 3.56. The number of hydrogen-bond donors (Lipinski definition) is 1. The van der Waals surface area contributed by atoms with Crippen LogP contribution in [0.25, 0.3) is 0 Å². The Morgan fingerprint density at radius 1 is 1.17 bits per heavy atom. The van der Waals surface area contributed by atoms with Crippen LogP contribution >= 0.6 is 0 Å². The van der Waals surface area contributed by atoms with Gasteiger partial charge in [0.15, 0.2) is 0 Å². The second-order valence-corrected chi connectivity index (χ2v) is 5.22. The van der Waals surface area contributed by atoms with Crippen molar-refractivity contribution in [2.24, 2.45) is 5.92 Å². The maximum atomic E-state index is 13.6. The molecule has 1 N–H and O–H groups in total. The number of hydrogen-bond acceptors (Lipinski definition) is 1. The molecule has 0 fully saturated rings. The van der Waals surface area contributed by atoms with Gasteiger partial charge in [0, 0.05) is 0 Å². The van der Waals surface area contributed by atoms with E-state index in [1.807, 2.05) is 0 Å². The Kier molecular flexibility index (Phi) is 5.80. The van der Waals surface area contributed by atoms with Crippen LogP contribution in [0.1, 0.15) is 62.3 Å². The topological polar surface area (TPSA) is 20.2 Å². The van der Waals surface area contributed by atoms with Gasteiger partial charge in [0.2, 0.25) is 0 Å². The zero-order chi connectivity index (χ0) is 13.7. The maximum Gasteiger partial charge on any atom is 0.129 e. The Balaban J connectivity index is 2.91. The van der Waals surface area contributed by atoms with Gasteiger partial charge < -0.3 is 5.11 Å². The molecule has 0 aliphatic rings. The van der Waals surface area contributed by atoms with Crippen LogP contribution in [0.3, 0.4) is 0 Å². The van der Waals surface area contributed by atoms with E-state index in [1.165, 1.54) is 0 Å². The van der Waals surface area contributed by atoms with Crippen LogP contribution in [0.4, 0.5) is 4.39 Å². The minimum absolute atomic E-state index is 0.160. The Hall–Kier alpha value is -0.890. The third-order valence-corrected chi connectivity index (χ3v) is 3.70. The second-order valence-electron chi connectivity index (χ2n) is 5.22. The van der Waals surface area contributed by atoms with Crippen LogP contribution in [-0.4, -0.2) is 5.11 Å². The van der Waals surface area contributed by atoms with Crippen molar-refractivity contribution in [2.45, 2.75) is 59.5 Å². The minimum Gasteiger partial charge on any atom is -0.388 e. The lowest BCUT2D eigenvalue weighted by molar-refractivity contribution is 0.0987. The van der Waals surface area contributed by atoms with Gasteiger partial charge in [0.05, 0.1) is 6.10 Å².